The summed E-state index contributed by atoms with van der Waals surface area (Å²) in [5.74, 6) is -0.0596. The van der Waals surface area contributed by atoms with Crippen molar-refractivity contribution in [3.8, 4) is 5.40 Å². The third-order valence-corrected chi connectivity index (χ3v) is 5.90. The molecule has 0 unspecified atom stereocenters. The molecule has 2 atom stereocenters. The van der Waals surface area contributed by atoms with Crippen LogP contribution in [0.25, 0.3) is 10.8 Å². The predicted molar refractivity (Wildman–Crippen MR) is 125 cm³/mol. The number of anilines is 1. The van der Waals surface area contributed by atoms with Gasteiger partial charge in [-0.3, -0.25) is 4.79 Å². The first-order valence-electron chi connectivity index (χ1n) is 9.71. The van der Waals surface area contributed by atoms with Crippen LogP contribution in [0.3, 0.4) is 0 Å². The Kier molecular flexibility index (Phi) is 6.12. The van der Waals surface area contributed by atoms with Gasteiger partial charge in [-0.15, -0.1) is 0 Å². The van der Waals surface area contributed by atoms with Crippen molar-refractivity contribution < 1.29 is 4.79 Å². The molecule has 4 rings (SSSR count). The predicted octanol–water partition coefficient (Wildman–Crippen LogP) is 6.46. The largest absolute Gasteiger partial charge is 0.377 e. The van der Waals surface area contributed by atoms with Crippen LogP contribution in [0, 0.1) is 10.7 Å². The van der Waals surface area contributed by atoms with Crippen molar-refractivity contribution >= 4 is 34.0 Å². The fourth-order valence-corrected chi connectivity index (χ4v) is 4.34. The van der Waals surface area contributed by atoms with Crippen LogP contribution in [0.4, 0.5) is 5.69 Å². The van der Waals surface area contributed by atoms with Crippen molar-refractivity contribution in [2.75, 3.05) is 5.32 Å². The molecule has 0 aliphatic carbocycles. The zero-order valence-electron chi connectivity index (χ0n) is 16.2. The fourth-order valence-electron chi connectivity index (χ4n) is 3.63. The van der Waals surface area contributed by atoms with Crippen LogP contribution in [-0.2, 0) is 0 Å². The van der Waals surface area contributed by atoms with Crippen molar-refractivity contribution in [1.29, 1.82) is 5.26 Å². The molecule has 4 aromatic rings. The number of thiocyanates is 1. The van der Waals surface area contributed by atoms with Gasteiger partial charge in [0.2, 0.25) is 0 Å². The number of Topliss-reactive ketones (excluding diaryl/α,β-unsaturated/α-hetero) is 1. The minimum Gasteiger partial charge on any atom is -0.377 e. The molecule has 0 amide bonds. The summed E-state index contributed by atoms with van der Waals surface area (Å²) in [6.07, 6.45) is 0. The number of ketones is 1. The summed E-state index contributed by atoms with van der Waals surface area (Å²) >= 11 is 1.00. The van der Waals surface area contributed by atoms with E-state index in [2.05, 4.69) is 10.7 Å². The van der Waals surface area contributed by atoms with E-state index in [9.17, 15) is 10.1 Å². The summed E-state index contributed by atoms with van der Waals surface area (Å²) in [7, 11) is 0. The van der Waals surface area contributed by atoms with Crippen LogP contribution in [0.15, 0.2) is 103 Å². The van der Waals surface area contributed by atoms with Crippen molar-refractivity contribution in [3.63, 3.8) is 0 Å². The third kappa shape index (κ3) is 4.22. The Morgan fingerprint density at radius 2 is 1.43 bits per heavy atom. The Morgan fingerprint density at radius 1 is 0.800 bits per heavy atom. The minimum atomic E-state index is -0.608. The highest BCUT2D eigenvalue weighted by Crippen LogP contribution is 2.34. The molecule has 0 aromatic heterocycles. The van der Waals surface area contributed by atoms with Gasteiger partial charge < -0.3 is 5.32 Å². The fraction of sp³-hybridized carbons (Fsp3) is 0.0769. The molecule has 4 heteroatoms. The summed E-state index contributed by atoms with van der Waals surface area (Å²) in [5.41, 5.74) is 2.50. The quantitative estimate of drug-likeness (QED) is 0.282. The molecule has 1 N–H and O–H groups in total. The molecule has 0 heterocycles. The normalized spacial score (nSPS) is 12.6. The highest BCUT2D eigenvalue weighted by atomic mass is 32.2. The van der Waals surface area contributed by atoms with Gasteiger partial charge in [-0.1, -0.05) is 91.0 Å². The lowest BCUT2D eigenvalue weighted by atomic mass is 9.94. The maximum atomic E-state index is 13.7. The maximum absolute atomic E-state index is 13.7. The van der Waals surface area contributed by atoms with Crippen molar-refractivity contribution in [1.82, 2.24) is 0 Å². The number of hydrogen-bond donors (Lipinski definition) is 1. The number of rotatable bonds is 7. The van der Waals surface area contributed by atoms with Gasteiger partial charge in [-0.2, -0.15) is 5.26 Å². The van der Waals surface area contributed by atoms with Crippen LogP contribution >= 0.6 is 11.8 Å². The van der Waals surface area contributed by atoms with Gasteiger partial charge in [-0.25, -0.2) is 0 Å². The van der Waals surface area contributed by atoms with Crippen molar-refractivity contribution in [2.24, 2.45) is 0 Å². The number of carbonyl (C=O) groups is 1. The molecule has 0 saturated heterocycles. The lowest BCUT2D eigenvalue weighted by molar-refractivity contribution is 0.0985. The third-order valence-electron chi connectivity index (χ3n) is 5.05. The first-order chi connectivity index (χ1) is 14.8. The van der Waals surface area contributed by atoms with E-state index in [0.717, 1.165) is 33.8 Å². The number of carbonyl (C=O) groups excluding carboxylic acids is 1. The van der Waals surface area contributed by atoms with Gasteiger partial charge >= 0.3 is 0 Å². The molecule has 30 heavy (non-hydrogen) atoms. The molecule has 0 aliphatic heterocycles. The molecule has 0 spiro atoms. The molecule has 0 fully saturated rings. The second kappa shape index (κ2) is 9.30. The lowest BCUT2D eigenvalue weighted by Gasteiger charge is -2.27. The van der Waals surface area contributed by atoms with Crippen LogP contribution in [-0.4, -0.2) is 11.0 Å². The molecular weight excluding hydrogens is 388 g/mol. The Bertz CT molecular complexity index is 1180. The topological polar surface area (TPSA) is 52.9 Å². The number of fused-ring (bicyclic) bond motifs is 1. The van der Waals surface area contributed by atoms with Gasteiger partial charge in [0.15, 0.2) is 5.78 Å². The first kappa shape index (κ1) is 19.8. The van der Waals surface area contributed by atoms with E-state index in [4.69, 9.17) is 0 Å². The van der Waals surface area contributed by atoms with Gasteiger partial charge in [-0.05, 0) is 40.2 Å². The Hall–Kier alpha value is -3.55. The first-order valence-corrected chi connectivity index (χ1v) is 10.6. The van der Waals surface area contributed by atoms with Crippen LogP contribution in [0.2, 0.25) is 0 Å². The average Bonchev–Trinajstić information content (AvgIpc) is 2.82. The van der Waals surface area contributed by atoms with E-state index in [-0.39, 0.29) is 11.8 Å². The summed E-state index contributed by atoms with van der Waals surface area (Å²) in [5, 5.41) is 16.5. The summed E-state index contributed by atoms with van der Waals surface area (Å²) < 4.78 is 0. The zero-order valence-corrected chi connectivity index (χ0v) is 17.0. The van der Waals surface area contributed by atoms with Gasteiger partial charge in [0.1, 0.15) is 10.7 Å². The monoisotopic (exact) mass is 408 g/mol. The molecule has 0 radical (unpaired) electrons. The van der Waals surface area contributed by atoms with Gasteiger partial charge in [0, 0.05) is 11.3 Å². The van der Waals surface area contributed by atoms with Crippen molar-refractivity contribution in [3.05, 3.63) is 114 Å². The number of nitrogens with one attached hydrogen (secondary N) is 1. The zero-order chi connectivity index (χ0) is 20.8. The SMILES string of the molecule is N#CS[C@H](C(=O)c1cccc2ccccc12)[C@@H](Nc1ccccc1)c1ccccc1. The Morgan fingerprint density at radius 3 is 2.17 bits per heavy atom. The molecule has 3 nitrogen and oxygen atoms in total. The summed E-state index contributed by atoms with van der Waals surface area (Å²) in [6, 6.07) is 32.8. The van der Waals surface area contributed by atoms with Crippen LogP contribution in [0.1, 0.15) is 22.0 Å². The molecule has 0 bridgehead atoms. The average molecular weight is 409 g/mol. The molecule has 0 aliphatic rings. The molecule has 4 aromatic carbocycles. The molecular formula is C26H20N2OS. The lowest BCUT2D eigenvalue weighted by Crippen LogP contribution is -2.30. The number of hydrogen-bond acceptors (Lipinski definition) is 4. The highest BCUT2D eigenvalue weighted by Gasteiger charge is 2.32. The minimum absolute atomic E-state index is 0.0596. The molecule has 0 saturated carbocycles. The number of nitrogens with zero attached hydrogens (tertiary/aromatic N) is 1. The van der Waals surface area contributed by atoms with Crippen molar-refractivity contribution in [2.45, 2.75) is 11.3 Å². The van der Waals surface area contributed by atoms with E-state index in [1.54, 1.807) is 0 Å². The van der Waals surface area contributed by atoms with Crippen LogP contribution < -0.4 is 5.32 Å². The number of nitriles is 1. The maximum Gasteiger partial charge on any atom is 0.179 e. The second-order valence-electron chi connectivity index (χ2n) is 6.92. The number of thioether (sulfide) groups is 1. The number of benzene rings is 4. The van der Waals surface area contributed by atoms with E-state index in [1.165, 1.54) is 0 Å². The smallest absolute Gasteiger partial charge is 0.179 e. The Labute approximate surface area is 180 Å². The summed E-state index contributed by atoms with van der Waals surface area (Å²) in [4.78, 5) is 13.7. The molecule has 146 valence electrons. The van der Waals surface area contributed by atoms with E-state index in [1.807, 2.05) is 103 Å². The van der Waals surface area contributed by atoms with Crippen LogP contribution in [0.5, 0.6) is 0 Å². The van der Waals surface area contributed by atoms with Gasteiger partial charge in [0.05, 0.1) is 6.04 Å². The van der Waals surface area contributed by atoms with E-state index >= 15 is 0 Å². The number of para-hydroxylation sites is 1. The Balaban J connectivity index is 1.79. The second-order valence-corrected chi connectivity index (χ2v) is 7.85. The summed E-state index contributed by atoms with van der Waals surface area (Å²) in [6.45, 7) is 0. The van der Waals surface area contributed by atoms with E-state index in [0.29, 0.717) is 5.56 Å². The standard InChI is InChI=1S/C26H20N2OS/c27-18-30-26(25(29)23-17-9-13-19-10-7-8-16-22(19)23)24(20-11-3-1-4-12-20)28-21-14-5-2-6-15-21/h1-17,24,26,28H/t24-,26-/m0/s1. The van der Waals surface area contributed by atoms with Gasteiger partial charge in [0.25, 0.3) is 0 Å². The van der Waals surface area contributed by atoms with E-state index < -0.39 is 5.25 Å². The highest BCUT2D eigenvalue weighted by molar-refractivity contribution is 8.05.